The van der Waals surface area contributed by atoms with Crippen molar-refractivity contribution in [3.05, 3.63) is 70.6 Å². The van der Waals surface area contributed by atoms with E-state index in [1.54, 1.807) is 18.2 Å². The van der Waals surface area contributed by atoms with Crippen LogP contribution in [0.1, 0.15) is 11.3 Å². The van der Waals surface area contributed by atoms with Gasteiger partial charge in [0, 0.05) is 11.2 Å². The molecule has 0 unspecified atom stereocenters. The van der Waals surface area contributed by atoms with Crippen molar-refractivity contribution in [2.45, 2.75) is 0 Å². The molecule has 0 saturated heterocycles. The van der Waals surface area contributed by atoms with Crippen molar-refractivity contribution < 1.29 is 9.53 Å². The zero-order valence-electron chi connectivity index (χ0n) is 10.3. The lowest BCUT2D eigenvalue weighted by molar-refractivity contribution is -0.129. The van der Waals surface area contributed by atoms with Crippen molar-refractivity contribution in [1.82, 2.24) is 4.98 Å². The number of cyclic esters (lactones) is 1. The van der Waals surface area contributed by atoms with Crippen molar-refractivity contribution in [1.29, 1.82) is 0 Å². The van der Waals surface area contributed by atoms with Crippen LogP contribution in [0.25, 0.3) is 6.08 Å². The van der Waals surface area contributed by atoms with Crippen LogP contribution in [0.3, 0.4) is 0 Å². The number of aliphatic imine (C=N–C) groups is 1. The molecule has 0 atom stereocenters. The van der Waals surface area contributed by atoms with Crippen LogP contribution in [-0.4, -0.2) is 16.9 Å². The molecule has 3 rings (SSSR count). The van der Waals surface area contributed by atoms with Gasteiger partial charge in [-0.05, 0) is 23.8 Å². The van der Waals surface area contributed by atoms with Gasteiger partial charge in [-0.1, -0.05) is 41.9 Å². The fraction of sp³-hybridized carbons (Fsp3) is 0. The molecule has 5 heteroatoms. The average molecular weight is 285 g/mol. The predicted octanol–water partition coefficient (Wildman–Crippen LogP) is 3.08. The second-order valence-electron chi connectivity index (χ2n) is 4.11. The highest BCUT2D eigenvalue weighted by molar-refractivity contribution is 6.31. The zero-order valence-corrected chi connectivity index (χ0v) is 11.0. The SMILES string of the molecule is O=C1OC(c2cc(Cl)ccn2)=N/C1=C\c1ccccc1. The molecule has 1 aliphatic rings. The lowest BCUT2D eigenvalue weighted by atomic mass is 10.2. The van der Waals surface area contributed by atoms with E-state index < -0.39 is 5.97 Å². The fourth-order valence-corrected chi connectivity index (χ4v) is 1.91. The first kappa shape index (κ1) is 12.6. The summed E-state index contributed by atoms with van der Waals surface area (Å²) in [5.41, 5.74) is 1.55. The fourth-order valence-electron chi connectivity index (χ4n) is 1.75. The maximum absolute atomic E-state index is 11.8. The van der Waals surface area contributed by atoms with Gasteiger partial charge in [-0.2, -0.15) is 0 Å². The van der Waals surface area contributed by atoms with Crippen LogP contribution in [0.5, 0.6) is 0 Å². The summed E-state index contributed by atoms with van der Waals surface area (Å²) in [5, 5.41) is 0.509. The Bertz CT molecular complexity index is 724. The molecule has 0 bridgehead atoms. The summed E-state index contributed by atoms with van der Waals surface area (Å²) in [6, 6.07) is 12.7. The van der Waals surface area contributed by atoms with Gasteiger partial charge in [0.15, 0.2) is 5.70 Å². The number of ether oxygens (including phenoxy) is 1. The van der Waals surface area contributed by atoms with Crippen molar-refractivity contribution >= 4 is 29.5 Å². The molecule has 98 valence electrons. The highest BCUT2D eigenvalue weighted by Crippen LogP contribution is 2.19. The third kappa shape index (κ3) is 2.60. The molecule has 0 radical (unpaired) electrons. The Balaban J connectivity index is 1.95. The topological polar surface area (TPSA) is 51.5 Å². The van der Waals surface area contributed by atoms with Gasteiger partial charge in [-0.3, -0.25) is 4.98 Å². The Morgan fingerprint density at radius 3 is 2.70 bits per heavy atom. The first-order valence-corrected chi connectivity index (χ1v) is 6.30. The molecule has 2 aromatic rings. The molecule has 4 nitrogen and oxygen atoms in total. The molecule has 20 heavy (non-hydrogen) atoms. The first-order chi connectivity index (χ1) is 9.72. The van der Waals surface area contributed by atoms with Crippen molar-refractivity contribution in [2.75, 3.05) is 0 Å². The molecule has 1 aromatic heterocycles. The van der Waals surface area contributed by atoms with Gasteiger partial charge in [0.2, 0.25) is 5.90 Å². The van der Waals surface area contributed by atoms with Crippen molar-refractivity contribution in [3.8, 4) is 0 Å². The van der Waals surface area contributed by atoms with E-state index in [0.29, 0.717) is 10.7 Å². The second-order valence-corrected chi connectivity index (χ2v) is 4.54. The molecule has 0 aliphatic carbocycles. The van der Waals surface area contributed by atoms with Crippen LogP contribution >= 0.6 is 11.6 Å². The predicted molar refractivity (Wildman–Crippen MR) is 76.3 cm³/mol. The summed E-state index contributed by atoms with van der Waals surface area (Å²) in [6.07, 6.45) is 3.20. The van der Waals surface area contributed by atoms with E-state index >= 15 is 0 Å². The molecule has 0 saturated carbocycles. The van der Waals surface area contributed by atoms with Gasteiger partial charge in [-0.25, -0.2) is 9.79 Å². The lowest BCUT2D eigenvalue weighted by Crippen LogP contribution is -2.06. The van der Waals surface area contributed by atoms with Gasteiger partial charge in [-0.15, -0.1) is 0 Å². The number of hydrogen-bond donors (Lipinski definition) is 0. The standard InChI is InChI=1S/C15H9ClN2O2/c16-11-6-7-17-12(9-11)14-18-13(15(19)20-14)8-10-4-2-1-3-5-10/h1-9H/b13-8-. The number of rotatable bonds is 2. The van der Waals surface area contributed by atoms with E-state index in [-0.39, 0.29) is 11.6 Å². The number of aromatic nitrogens is 1. The van der Waals surface area contributed by atoms with Crippen LogP contribution in [0.15, 0.2) is 59.4 Å². The average Bonchev–Trinajstić information content (AvgIpc) is 2.81. The molecule has 1 aromatic carbocycles. The Hall–Kier alpha value is -2.46. The molecular formula is C15H9ClN2O2. The molecule has 2 heterocycles. The quantitative estimate of drug-likeness (QED) is 0.629. The van der Waals surface area contributed by atoms with E-state index in [0.717, 1.165) is 5.56 Å². The molecule has 0 amide bonds. The number of halogens is 1. The Kier molecular flexibility index (Phi) is 3.31. The summed E-state index contributed by atoms with van der Waals surface area (Å²) in [7, 11) is 0. The largest absolute Gasteiger partial charge is 0.400 e. The number of benzene rings is 1. The highest BCUT2D eigenvalue weighted by Gasteiger charge is 2.25. The third-order valence-corrected chi connectivity index (χ3v) is 2.90. The van der Waals surface area contributed by atoms with Crippen LogP contribution in [-0.2, 0) is 9.53 Å². The summed E-state index contributed by atoms with van der Waals surface area (Å²) < 4.78 is 5.11. The Morgan fingerprint density at radius 1 is 1.15 bits per heavy atom. The van der Waals surface area contributed by atoms with Gasteiger partial charge >= 0.3 is 5.97 Å². The van der Waals surface area contributed by atoms with Gasteiger partial charge in [0.05, 0.1) is 0 Å². The van der Waals surface area contributed by atoms with E-state index in [4.69, 9.17) is 16.3 Å². The minimum absolute atomic E-state index is 0.166. The van der Waals surface area contributed by atoms with Crippen LogP contribution < -0.4 is 0 Å². The van der Waals surface area contributed by atoms with E-state index in [1.165, 1.54) is 6.20 Å². The number of nitrogens with zero attached hydrogens (tertiary/aromatic N) is 2. The molecule has 0 fully saturated rings. The monoisotopic (exact) mass is 284 g/mol. The Labute approximate surface area is 120 Å². The van der Waals surface area contributed by atoms with Gasteiger partial charge < -0.3 is 4.74 Å². The molecule has 1 aliphatic heterocycles. The number of esters is 1. The summed E-state index contributed by atoms with van der Waals surface area (Å²) >= 11 is 5.88. The number of carbonyl (C=O) groups is 1. The van der Waals surface area contributed by atoms with E-state index in [9.17, 15) is 4.79 Å². The van der Waals surface area contributed by atoms with Gasteiger partial charge in [0.25, 0.3) is 0 Å². The maximum Gasteiger partial charge on any atom is 0.363 e. The molecular weight excluding hydrogens is 276 g/mol. The summed E-state index contributed by atoms with van der Waals surface area (Å²) in [6.45, 7) is 0. The normalized spacial score (nSPS) is 16.1. The van der Waals surface area contributed by atoms with E-state index in [1.807, 2.05) is 30.3 Å². The first-order valence-electron chi connectivity index (χ1n) is 5.92. The Morgan fingerprint density at radius 2 is 1.95 bits per heavy atom. The van der Waals surface area contributed by atoms with Crippen LogP contribution in [0.4, 0.5) is 0 Å². The van der Waals surface area contributed by atoms with Crippen LogP contribution in [0.2, 0.25) is 5.02 Å². The van der Waals surface area contributed by atoms with Gasteiger partial charge in [0.1, 0.15) is 5.69 Å². The van der Waals surface area contributed by atoms with E-state index in [2.05, 4.69) is 9.98 Å². The third-order valence-electron chi connectivity index (χ3n) is 2.66. The minimum Gasteiger partial charge on any atom is -0.400 e. The zero-order chi connectivity index (χ0) is 13.9. The van der Waals surface area contributed by atoms with Crippen molar-refractivity contribution in [3.63, 3.8) is 0 Å². The van der Waals surface area contributed by atoms with Crippen LogP contribution in [0, 0.1) is 0 Å². The number of hydrogen-bond acceptors (Lipinski definition) is 4. The van der Waals surface area contributed by atoms with Crippen molar-refractivity contribution in [2.24, 2.45) is 4.99 Å². The number of pyridine rings is 1. The summed E-state index contributed by atoms with van der Waals surface area (Å²) in [4.78, 5) is 20.0. The molecule has 0 spiro atoms. The summed E-state index contributed by atoms with van der Waals surface area (Å²) in [5.74, 6) is -0.328. The smallest absolute Gasteiger partial charge is 0.363 e. The lowest BCUT2D eigenvalue weighted by Gasteiger charge is -1.97. The maximum atomic E-state index is 11.8. The highest BCUT2D eigenvalue weighted by atomic mass is 35.5. The number of carbonyl (C=O) groups excluding carboxylic acids is 1. The minimum atomic E-state index is -0.495. The molecule has 0 N–H and O–H groups in total. The second kappa shape index (κ2) is 5.27.